The van der Waals surface area contributed by atoms with Gasteiger partial charge in [-0.3, -0.25) is 9.78 Å². The van der Waals surface area contributed by atoms with Crippen LogP contribution in [0.15, 0.2) is 30.0 Å². The van der Waals surface area contributed by atoms with Gasteiger partial charge in [0, 0.05) is 19.0 Å². The Balaban J connectivity index is 1.27. The third kappa shape index (κ3) is 3.59. The Morgan fingerprint density at radius 2 is 2.35 bits per heavy atom. The van der Waals surface area contributed by atoms with Gasteiger partial charge in [0.1, 0.15) is 5.60 Å². The van der Waals surface area contributed by atoms with Crippen LogP contribution in [0.5, 0.6) is 5.88 Å². The summed E-state index contributed by atoms with van der Waals surface area (Å²) in [5.41, 5.74) is 0.903. The molecule has 4 heterocycles. The van der Waals surface area contributed by atoms with Gasteiger partial charge in [-0.05, 0) is 49.1 Å². The number of likely N-dealkylation sites (tertiary alicyclic amines) is 1. The molecule has 138 valence electrons. The summed E-state index contributed by atoms with van der Waals surface area (Å²) in [7, 11) is 0. The molecule has 1 unspecified atom stereocenters. The van der Waals surface area contributed by atoms with Crippen molar-refractivity contribution in [3.8, 4) is 5.88 Å². The van der Waals surface area contributed by atoms with Gasteiger partial charge in [-0.15, -0.1) is 11.3 Å². The second kappa shape index (κ2) is 7.32. The summed E-state index contributed by atoms with van der Waals surface area (Å²) in [6.45, 7) is 4.78. The first-order valence-electron chi connectivity index (χ1n) is 9.01. The van der Waals surface area contributed by atoms with Crippen molar-refractivity contribution in [3.05, 3.63) is 40.5 Å². The Bertz CT molecular complexity index is 758. The largest absolute Gasteiger partial charge is 0.477 e. The standard InChI is InChI=1S/C19H23N3O3S/c1-14-4-9-26-17(14)18(23)22-12-19(13-22)10-15(3-8-25-19)2-7-24-16-11-20-5-6-21-16/h4-6,9,11,15H,2-3,7-8,10,12-13H2,1H3. The number of nitrogens with zero attached hydrogens (tertiary/aromatic N) is 3. The number of aryl methyl sites for hydroxylation is 1. The van der Waals surface area contributed by atoms with Gasteiger partial charge in [0.05, 0.1) is 30.8 Å². The van der Waals surface area contributed by atoms with Crippen LogP contribution in [0.3, 0.4) is 0 Å². The normalized spacial score (nSPS) is 21.4. The predicted molar refractivity (Wildman–Crippen MR) is 98.5 cm³/mol. The molecule has 6 nitrogen and oxygen atoms in total. The van der Waals surface area contributed by atoms with Gasteiger partial charge in [0.25, 0.3) is 5.91 Å². The fourth-order valence-corrected chi connectivity index (χ4v) is 4.71. The smallest absolute Gasteiger partial charge is 0.264 e. The summed E-state index contributed by atoms with van der Waals surface area (Å²) in [5, 5.41) is 1.97. The van der Waals surface area contributed by atoms with Crippen molar-refractivity contribution in [1.29, 1.82) is 0 Å². The van der Waals surface area contributed by atoms with E-state index in [1.165, 1.54) is 11.3 Å². The number of thiophene rings is 1. The number of hydrogen-bond donors (Lipinski definition) is 0. The quantitative estimate of drug-likeness (QED) is 0.806. The molecule has 4 rings (SSSR count). The molecule has 0 saturated carbocycles. The van der Waals surface area contributed by atoms with E-state index in [0.29, 0.717) is 31.5 Å². The molecule has 0 aromatic carbocycles. The van der Waals surface area contributed by atoms with Gasteiger partial charge >= 0.3 is 0 Å². The Morgan fingerprint density at radius 1 is 1.46 bits per heavy atom. The molecule has 2 aromatic heterocycles. The highest BCUT2D eigenvalue weighted by molar-refractivity contribution is 7.12. The number of carbonyl (C=O) groups excluding carboxylic acids is 1. The topological polar surface area (TPSA) is 64.6 Å². The van der Waals surface area contributed by atoms with Gasteiger partial charge in [-0.1, -0.05) is 0 Å². The van der Waals surface area contributed by atoms with E-state index in [1.807, 2.05) is 23.3 Å². The molecule has 0 bridgehead atoms. The fourth-order valence-electron chi connectivity index (χ4n) is 3.81. The highest BCUT2D eigenvalue weighted by Gasteiger charge is 2.49. The van der Waals surface area contributed by atoms with E-state index in [0.717, 1.165) is 36.3 Å². The first kappa shape index (κ1) is 17.4. The minimum absolute atomic E-state index is 0.139. The summed E-state index contributed by atoms with van der Waals surface area (Å²) in [5.74, 6) is 1.27. The average molecular weight is 373 g/mol. The lowest BCUT2D eigenvalue weighted by Gasteiger charge is -2.53. The molecule has 7 heteroatoms. The van der Waals surface area contributed by atoms with E-state index in [4.69, 9.17) is 9.47 Å². The molecule has 1 spiro atoms. The van der Waals surface area contributed by atoms with Gasteiger partial charge in [0.2, 0.25) is 5.88 Å². The molecular formula is C19H23N3O3S. The molecule has 1 atom stereocenters. The summed E-state index contributed by atoms with van der Waals surface area (Å²) >= 11 is 1.52. The molecule has 2 aliphatic heterocycles. The summed E-state index contributed by atoms with van der Waals surface area (Å²) < 4.78 is 11.7. The van der Waals surface area contributed by atoms with Crippen LogP contribution in [0.1, 0.15) is 34.5 Å². The van der Waals surface area contributed by atoms with E-state index in [9.17, 15) is 4.79 Å². The van der Waals surface area contributed by atoms with Crippen LogP contribution in [0.4, 0.5) is 0 Å². The Hall–Kier alpha value is -1.99. The minimum Gasteiger partial charge on any atom is -0.477 e. The van der Waals surface area contributed by atoms with Crippen molar-refractivity contribution in [3.63, 3.8) is 0 Å². The maximum atomic E-state index is 12.6. The van der Waals surface area contributed by atoms with E-state index in [2.05, 4.69) is 9.97 Å². The zero-order chi connectivity index (χ0) is 18.0. The van der Waals surface area contributed by atoms with Crippen LogP contribution in [0, 0.1) is 12.8 Å². The van der Waals surface area contributed by atoms with Crippen molar-refractivity contribution < 1.29 is 14.3 Å². The molecule has 2 fully saturated rings. The summed E-state index contributed by atoms with van der Waals surface area (Å²) in [6.07, 6.45) is 7.91. The van der Waals surface area contributed by atoms with E-state index in [1.54, 1.807) is 18.6 Å². The van der Waals surface area contributed by atoms with Crippen molar-refractivity contribution in [2.24, 2.45) is 5.92 Å². The summed E-state index contributed by atoms with van der Waals surface area (Å²) in [4.78, 5) is 23.5. The second-order valence-electron chi connectivity index (χ2n) is 7.17. The number of aromatic nitrogens is 2. The molecule has 0 radical (unpaired) electrons. The SMILES string of the molecule is Cc1ccsc1C(=O)N1CC2(CC(CCOc3cnccn3)CCO2)C1. The Morgan fingerprint density at radius 3 is 3.08 bits per heavy atom. The van der Waals surface area contributed by atoms with E-state index in [-0.39, 0.29) is 11.5 Å². The van der Waals surface area contributed by atoms with Crippen LogP contribution in [-0.2, 0) is 4.74 Å². The second-order valence-corrected chi connectivity index (χ2v) is 8.08. The number of rotatable bonds is 5. The van der Waals surface area contributed by atoms with Crippen LogP contribution in [-0.4, -0.2) is 52.7 Å². The minimum atomic E-state index is -0.156. The predicted octanol–water partition coefficient (Wildman–Crippen LogP) is 2.94. The van der Waals surface area contributed by atoms with Crippen LogP contribution in [0.25, 0.3) is 0 Å². The van der Waals surface area contributed by atoms with Gasteiger partial charge < -0.3 is 14.4 Å². The van der Waals surface area contributed by atoms with Crippen molar-refractivity contribution >= 4 is 17.2 Å². The lowest BCUT2D eigenvalue weighted by Crippen LogP contribution is -2.66. The molecule has 2 aromatic rings. The number of carbonyl (C=O) groups is 1. The van der Waals surface area contributed by atoms with Crippen molar-refractivity contribution in [2.45, 2.75) is 31.8 Å². The third-order valence-electron chi connectivity index (χ3n) is 5.21. The van der Waals surface area contributed by atoms with Crippen LogP contribution < -0.4 is 4.74 Å². The molecule has 2 saturated heterocycles. The molecule has 0 aliphatic carbocycles. The molecule has 0 N–H and O–H groups in total. The van der Waals surface area contributed by atoms with Gasteiger partial charge in [-0.25, -0.2) is 4.98 Å². The lowest BCUT2D eigenvalue weighted by molar-refractivity contribution is -0.166. The highest BCUT2D eigenvalue weighted by Crippen LogP contribution is 2.39. The number of amides is 1. The van der Waals surface area contributed by atoms with Crippen molar-refractivity contribution in [2.75, 3.05) is 26.3 Å². The van der Waals surface area contributed by atoms with Gasteiger partial charge in [0.15, 0.2) is 0 Å². The first-order valence-corrected chi connectivity index (χ1v) is 9.89. The van der Waals surface area contributed by atoms with Crippen LogP contribution >= 0.6 is 11.3 Å². The maximum absolute atomic E-state index is 12.6. The maximum Gasteiger partial charge on any atom is 0.264 e. The van der Waals surface area contributed by atoms with Gasteiger partial charge in [-0.2, -0.15) is 0 Å². The fraction of sp³-hybridized carbons (Fsp3) is 0.526. The monoisotopic (exact) mass is 373 g/mol. The van der Waals surface area contributed by atoms with E-state index >= 15 is 0 Å². The Kier molecular flexibility index (Phi) is 4.91. The van der Waals surface area contributed by atoms with Crippen molar-refractivity contribution in [1.82, 2.24) is 14.9 Å². The lowest BCUT2D eigenvalue weighted by atomic mass is 9.79. The first-order chi connectivity index (χ1) is 12.7. The Labute approximate surface area is 157 Å². The molecule has 1 amide bonds. The van der Waals surface area contributed by atoms with E-state index < -0.39 is 0 Å². The summed E-state index contributed by atoms with van der Waals surface area (Å²) in [6, 6.07) is 2.00. The molecule has 2 aliphatic rings. The zero-order valence-corrected chi connectivity index (χ0v) is 15.7. The zero-order valence-electron chi connectivity index (χ0n) is 14.9. The highest BCUT2D eigenvalue weighted by atomic mass is 32.1. The third-order valence-corrected chi connectivity index (χ3v) is 6.22. The average Bonchev–Trinajstić information content (AvgIpc) is 3.06. The number of hydrogen-bond acceptors (Lipinski definition) is 6. The number of ether oxygens (including phenoxy) is 2. The molecule has 26 heavy (non-hydrogen) atoms. The van der Waals surface area contributed by atoms with Crippen LogP contribution in [0.2, 0.25) is 0 Å². The molecular weight excluding hydrogens is 350 g/mol.